The maximum atomic E-state index is 10.7. The van der Waals surface area contributed by atoms with E-state index in [0.29, 0.717) is 5.70 Å². The van der Waals surface area contributed by atoms with E-state index in [0.717, 1.165) is 11.3 Å². The highest BCUT2D eigenvalue weighted by Crippen LogP contribution is 2.08. The van der Waals surface area contributed by atoms with Crippen LogP contribution in [0.3, 0.4) is 0 Å². The molecule has 1 heterocycles. The predicted molar refractivity (Wildman–Crippen MR) is 62.5 cm³/mol. The van der Waals surface area contributed by atoms with Crippen LogP contribution in [0.5, 0.6) is 0 Å². The van der Waals surface area contributed by atoms with E-state index in [1.54, 1.807) is 19.3 Å². The molecule has 16 heavy (non-hydrogen) atoms. The van der Waals surface area contributed by atoms with E-state index in [2.05, 4.69) is 9.98 Å². The van der Waals surface area contributed by atoms with Crippen LogP contribution in [0, 0.1) is 0 Å². The molecule has 1 N–H and O–H groups in total. The van der Waals surface area contributed by atoms with Crippen LogP contribution in [-0.4, -0.2) is 21.8 Å². The van der Waals surface area contributed by atoms with Crippen molar-refractivity contribution in [3.63, 3.8) is 0 Å². The first-order valence-corrected chi connectivity index (χ1v) is 4.89. The zero-order valence-electron chi connectivity index (χ0n) is 9.56. The maximum absolute atomic E-state index is 10.7. The van der Waals surface area contributed by atoms with Crippen molar-refractivity contribution in [3.05, 3.63) is 41.4 Å². The molecule has 0 aromatic carbocycles. The van der Waals surface area contributed by atoms with Crippen molar-refractivity contribution >= 4 is 11.7 Å². The number of aliphatic imine (C=N–C) groups is 1. The van der Waals surface area contributed by atoms with Crippen LogP contribution in [0.15, 0.2) is 40.8 Å². The van der Waals surface area contributed by atoms with E-state index in [9.17, 15) is 4.79 Å². The van der Waals surface area contributed by atoms with Crippen LogP contribution in [0.25, 0.3) is 0 Å². The standard InChI is InChI=1S/C12H14N2O2/c1-8(12(15)16)9(2)14-10(3)11-5-4-6-13-7-11/h4-7H,1-3H3,(H,15,16)/b9-8+,14-10+. The molecule has 1 aromatic rings. The number of aliphatic carboxylic acids is 1. The molecule has 0 bridgehead atoms. The molecule has 0 unspecified atom stereocenters. The smallest absolute Gasteiger partial charge is 0.333 e. The Morgan fingerprint density at radius 3 is 2.56 bits per heavy atom. The van der Waals surface area contributed by atoms with Gasteiger partial charge in [-0.3, -0.25) is 9.98 Å². The third kappa shape index (κ3) is 3.02. The molecule has 0 saturated heterocycles. The minimum atomic E-state index is -0.944. The molecule has 0 radical (unpaired) electrons. The fraction of sp³-hybridized carbons (Fsp3) is 0.250. The third-order valence-electron chi connectivity index (χ3n) is 2.28. The second-order valence-corrected chi connectivity index (χ2v) is 3.45. The van der Waals surface area contributed by atoms with E-state index < -0.39 is 5.97 Å². The number of hydrogen-bond donors (Lipinski definition) is 1. The van der Waals surface area contributed by atoms with Gasteiger partial charge in [-0.15, -0.1) is 0 Å². The van der Waals surface area contributed by atoms with E-state index in [-0.39, 0.29) is 5.57 Å². The van der Waals surface area contributed by atoms with Gasteiger partial charge in [0.05, 0.1) is 5.57 Å². The molecule has 0 aliphatic carbocycles. The summed E-state index contributed by atoms with van der Waals surface area (Å²) in [5.74, 6) is -0.944. The van der Waals surface area contributed by atoms with Crippen LogP contribution >= 0.6 is 0 Å². The Balaban J connectivity index is 3.03. The summed E-state index contributed by atoms with van der Waals surface area (Å²) >= 11 is 0. The first kappa shape index (κ1) is 12.1. The van der Waals surface area contributed by atoms with Gasteiger partial charge in [-0.25, -0.2) is 4.79 Å². The quantitative estimate of drug-likeness (QED) is 0.625. The normalized spacial score (nSPS) is 13.3. The van der Waals surface area contributed by atoms with Gasteiger partial charge in [-0.05, 0) is 26.8 Å². The third-order valence-corrected chi connectivity index (χ3v) is 2.28. The van der Waals surface area contributed by atoms with Gasteiger partial charge >= 0.3 is 5.97 Å². The molecule has 0 spiro atoms. The van der Waals surface area contributed by atoms with Crippen LogP contribution in [0.2, 0.25) is 0 Å². The van der Waals surface area contributed by atoms with E-state index in [1.807, 2.05) is 19.1 Å². The molecule has 4 nitrogen and oxygen atoms in total. The first-order valence-electron chi connectivity index (χ1n) is 4.89. The molecule has 0 aliphatic heterocycles. The molecule has 0 fully saturated rings. The number of pyridine rings is 1. The fourth-order valence-corrected chi connectivity index (χ4v) is 1.13. The molecule has 0 saturated carbocycles. The summed E-state index contributed by atoms with van der Waals surface area (Å²) in [6.07, 6.45) is 3.38. The number of aromatic nitrogens is 1. The van der Waals surface area contributed by atoms with Crippen LogP contribution < -0.4 is 0 Å². The molecule has 84 valence electrons. The highest BCUT2D eigenvalue weighted by atomic mass is 16.4. The number of rotatable bonds is 3. The number of carboxylic acid groups (broad SMARTS) is 1. The molecule has 0 aliphatic rings. The Bertz CT molecular complexity index is 447. The van der Waals surface area contributed by atoms with Crippen molar-refractivity contribution in [1.29, 1.82) is 0 Å². The number of carbonyl (C=O) groups is 1. The Morgan fingerprint density at radius 2 is 2.06 bits per heavy atom. The fourth-order valence-electron chi connectivity index (χ4n) is 1.13. The minimum absolute atomic E-state index is 0.253. The molecule has 0 amide bonds. The number of nitrogens with zero attached hydrogens (tertiary/aromatic N) is 2. The second-order valence-electron chi connectivity index (χ2n) is 3.45. The summed E-state index contributed by atoms with van der Waals surface area (Å²) in [5, 5.41) is 8.80. The maximum Gasteiger partial charge on any atom is 0.333 e. The number of carboxylic acids is 1. The average molecular weight is 218 g/mol. The van der Waals surface area contributed by atoms with Gasteiger partial charge in [-0.1, -0.05) is 6.07 Å². The average Bonchev–Trinajstić information content (AvgIpc) is 2.28. The first-order chi connectivity index (χ1) is 7.52. The van der Waals surface area contributed by atoms with Gasteiger partial charge in [0.2, 0.25) is 0 Å². The molecule has 0 atom stereocenters. The lowest BCUT2D eigenvalue weighted by molar-refractivity contribution is -0.132. The SMILES string of the molecule is C/C(=N\C(C)=C(/C)C(=O)O)c1cccnc1. The van der Waals surface area contributed by atoms with E-state index >= 15 is 0 Å². The summed E-state index contributed by atoms with van der Waals surface area (Å²) in [5.41, 5.74) is 2.41. The van der Waals surface area contributed by atoms with Crippen LogP contribution in [0.4, 0.5) is 0 Å². The van der Waals surface area contributed by atoms with Gasteiger partial charge in [0.1, 0.15) is 0 Å². The highest BCUT2D eigenvalue weighted by Gasteiger charge is 2.05. The molecule has 1 rings (SSSR count). The van der Waals surface area contributed by atoms with Gasteiger partial charge in [0, 0.05) is 29.4 Å². The Morgan fingerprint density at radius 1 is 1.38 bits per heavy atom. The lowest BCUT2D eigenvalue weighted by Crippen LogP contribution is -2.01. The largest absolute Gasteiger partial charge is 0.478 e. The highest BCUT2D eigenvalue weighted by molar-refractivity contribution is 5.99. The minimum Gasteiger partial charge on any atom is -0.478 e. The van der Waals surface area contributed by atoms with Crippen molar-refractivity contribution in [2.24, 2.45) is 4.99 Å². The van der Waals surface area contributed by atoms with Crippen LogP contribution in [0.1, 0.15) is 26.3 Å². The number of hydrogen-bond acceptors (Lipinski definition) is 3. The summed E-state index contributed by atoms with van der Waals surface area (Å²) in [4.78, 5) is 18.9. The van der Waals surface area contributed by atoms with Crippen molar-refractivity contribution in [2.75, 3.05) is 0 Å². The summed E-state index contributed by atoms with van der Waals surface area (Å²) in [6.45, 7) is 5.05. The van der Waals surface area contributed by atoms with Gasteiger partial charge in [0.15, 0.2) is 0 Å². The van der Waals surface area contributed by atoms with Crippen LogP contribution in [-0.2, 0) is 4.79 Å². The Kier molecular flexibility index (Phi) is 3.94. The lowest BCUT2D eigenvalue weighted by atomic mass is 10.2. The molecule has 1 aromatic heterocycles. The Hall–Kier alpha value is -1.97. The number of allylic oxidation sites excluding steroid dienone is 1. The topological polar surface area (TPSA) is 62.5 Å². The second kappa shape index (κ2) is 5.21. The van der Waals surface area contributed by atoms with Gasteiger partial charge in [0.25, 0.3) is 0 Å². The predicted octanol–water partition coefficient (Wildman–Crippen LogP) is 2.27. The van der Waals surface area contributed by atoms with E-state index in [1.165, 1.54) is 6.92 Å². The van der Waals surface area contributed by atoms with Crippen molar-refractivity contribution in [3.8, 4) is 0 Å². The van der Waals surface area contributed by atoms with Gasteiger partial charge < -0.3 is 5.11 Å². The molecular formula is C12H14N2O2. The zero-order valence-corrected chi connectivity index (χ0v) is 9.56. The summed E-state index contributed by atoms with van der Waals surface area (Å²) < 4.78 is 0. The van der Waals surface area contributed by atoms with E-state index in [4.69, 9.17) is 5.11 Å². The zero-order chi connectivity index (χ0) is 12.1. The molecular weight excluding hydrogens is 204 g/mol. The van der Waals surface area contributed by atoms with Gasteiger partial charge in [-0.2, -0.15) is 0 Å². The van der Waals surface area contributed by atoms with Crippen molar-refractivity contribution < 1.29 is 9.90 Å². The summed E-state index contributed by atoms with van der Waals surface area (Å²) in [6, 6.07) is 3.70. The summed E-state index contributed by atoms with van der Waals surface area (Å²) in [7, 11) is 0. The molecule has 4 heteroatoms. The van der Waals surface area contributed by atoms with Crippen molar-refractivity contribution in [2.45, 2.75) is 20.8 Å². The monoisotopic (exact) mass is 218 g/mol. The Labute approximate surface area is 94.4 Å². The van der Waals surface area contributed by atoms with Crippen molar-refractivity contribution in [1.82, 2.24) is 4.98 Å². The lowest BCUT2D eigenvalue weighted by Gasteiger charge is -2.02.